The third-order valence-electron chi connectivity index (χ3n) is 2.90. The standard InChI is InChI=1S/C13H11BrF3N2O2S.BF4/c1-18(19-8-2-3-11(14)9-19)22(20,21)12-6-4-10(5-7-12)13(15,16)17;2-1(3,4)5/h2-9H,1H3;/q+1;-1. The largest absolute Gasteiger partial charge is 0.673 e. The van der Waals surface area contributed by atoms with Crippen molar-refractivity contribution in [2.24, 2.45) is 0 Å². The van der Waals surface area contributed by atoms with Gasteiger partial charge in [0.15, 0.2) is 0 Å². The lowest BCUT2D eigenvalue weighted by atomic mass is 10.2. The van der Waals surface area contributed by atoms with Crippen molar-refractivity contribution in [2.45, 2.75) is 11.1 Å². The molecule has 0 aliphatic carbocycles. The Morgan fingerprint density at radius 3 is 1.93 bits per heavy atom. The van der Waals surface area contributed by atoms with Crippen LogP contribution >= 0.6 is 15.9 Å². The van der Waals surface area contributed by atoms with Crippen molar-refractivity contribution in [3.8, 4) is 0 Å². The number of rotatable bonds is 3. The van der Waals surface area contributed by atoms with Gasteiger partial charge in [-0.3, -0.25) is 0 Å². The Morgan fingerprint density at radius 2 is 1.52 bits per heavy atom. The Labute approximate surface area is 158 Å². The molecule has 0 radical (unpaired) electrons. The Hall–Kier alpha value is -1.83. The molecule has 0 bridgehead atoms. The summed E-state index contributed by atoms with van der Waals surface area (Å²) in [5, 5.41) is 0. The highest BCUT2D eigenvalue weighted by atomic mass is 79.9. The van der Waals surface area contributed by atoms with Gasteiger partial charge in [0.1, 0.15) is 0 Å². The van der Waals surface area contributed by atoms with Gasteiger partial charge in [-0.05, 0) is 46.3 Å². The molecule has 0 unspecified atom stereocenters. The molecule has 2 rings (SSSR count). The van der Waals surface area contributed by atoms with E-state index in [1.165, 1.54) is 24.1 Å². The SMILES string of the molecule is CN([n+]1cccc(Br)c1)S(=O)(=O)c1ccc(C(F)(F)F)cc1.F[B-](F)(F)F. The van der Waals surface area contributed by atoms with Gasteiger partial charge in [-0.15, -0.1) is 0 Å². The highest BCUT2D eigenvalue weighted by Gasteiger charge is 2.32. The molecule has 27 heavy (non-hydrogen) atoms. The maximum Gasteiger partial charge on any atom is 0.673 e. The topological polar surface area (TPSA) is 41.3 Å². The van der Waals surface area contributed by atoms with Crippen LogP contribution in [0.5, 0.6) is 0 Å². The molecule has 1 aromatic carbocycles. The quantitative estimate of drug-likeness (QED) is 0.377. The van der Waals surface area contributed by atoms with Crippen LogP contribution in [-0.4, -0.2) is 22.7 Å². The van der Waals surface area contributed by atoms with E-state index in [1.54, 1.807) is 12.1 Å². The first-order valence-electron chi connectivity index (χ1n) is 6.83. The number of hydrogen-bond donors (Lipinski definition) is 0. The molecule has 2 aromatic rings. The fraction of sp³-hybridized carbons (Fsp3) is 0.154. The van der Waals surface area contributed by atoms with Gasteiger partial charge in [0.25, 0.3) is 0 Å². The van der Waals surface area contributed by atoms with Gasteiger partial charge in [0.2, 0.25) is 12.4 Å². The van der Waals surface area contributed by atoms with Crippen LogP contribution in [0.3, 0.4) is 0 Å². The molecule has 0 fully saturated rings. The van der Waals surface area contributed by atoms with E-state index in [0.717, 1.165) is 28.7 Å². The molecule has 150 valence electrons. The molecule has 0 saturated heterocycles. The summed E-state index contributed by atoms with van der Waals surface area (Å²) in [6.07, 6.45) is -1.48. The van der Waals surface area contributed by atoms with Gasteiger partial charge in [0.05, 0.1) is 22.0 Å². The molecule has 14 heteroatoms. The molecule has 0 spiro atoms. The predicted octanol–water partition coefficient (Wildman–Crippen LogP) is 4.01. The average molecular weight is 483 g/mol. The number of hydrogen-bond acceptors (Lipinski definition) is 2. The summed E-state index contributed by atoms with van der Waals surface area (Å²) in [6.45, 7) is 0. The van der Waals surface area contributed by atoms with E-state index in [9.17, 15) is 38.9 Å². The van der Waals surface area contributed by atoms with E-state index >= 15 is 0 Å². The Kier molecular flexibility index (Phi) is 7.27. The number of sulfonamides is 1. The van der Waals surface area contributed by atoms with Crippen LogP contribution < -0.4 is 9.09 Å². The van der Waals surface area contributed by atoms with Crippen LogP contribution in [-0.2, 0) is 16.2 Å². The van der Waals surface area contributed by atoms with Crippen LogP contribution in [0.25, 0.3) is 0 Å². The zero-order chi connectivity index (χ0) is 21.0. The summed E-state index contributed by atoms with van der Waals surface area (Å²) in [5.41, 5.74) is -0.899. The predicted molar refractivity (Wildman–Crippen MR) is 87.3 cm³/mol. The van der Waals surface area contributed by atoms with Gasteiger partial charge in [-0.2, -0.15) is 21.6 Å². The number of aromatic nitrogens is 1. The number of halogens is 8. The zero-order valence-corrected chi connectivity index (χ0v) is 15.7. The number of nitrogens with zero attached hydrogens (tertiary/aromatic N) is 2. The van der Waals surface area contributed by atoms with Gasteiger partial charge >= 0.3 is 23.5 Å². The Balaban J connectivity index is 0.000000646. The Morgan fingerprint density at radius 1 is 1.04 bits per heavy atom. The number of alkyl halides is 3. The molecule has 1 aromatic heterocycles. The fourth-order valence-corrected chi connectivity index (χ4v) is 3.20. The fourth-order valence-electron chi connectivity index (χ4n) is 1.70. The van der Waals surface area contributed by atoms with Gasteiger partial charge in [0, 0.05) is 6.07 Å². The monoisotopic (exact) mass is 482 g/mol. The van der Waals surface area contributed by atoms with Crippen LogP contribution in [0.1, 0.15) is 5.56 Å². The van der Waals surface area contributed by atoms with Crippen molar-refractivity contribution >= 4 is 33.2 Å². The third-order valence-corrected chi connectivity index (χ3v) is 5.12. The minimum absolute atomic E-state index is 0.226. The first kappa shape index (κ1) is 23.2. The lowest BCUT2D eigenvalue weighted by Gasteiger charge is -2.13. The second-order valence-electron chi connectivity index (χ2n) is 4.86. The summed E-state index contributed by atoms with van der Waals surface area (Å²) >= 11 is 3.22. The molecular formula is C13H11BBrF7N2O2S. The molecule has 0 N–H and O–H groups in total. The van der Waals surface area contributed by atoms with Crippen molar-refractivity contribution in [1.29, 1.82) is 0 Å². The van der Waals surface area contributed by atoms with Crippen molar-refractivity contribution in [3.05, 3.63) is 58.8 Å². The van der Waals surface area contributed by atoms with Crippen molar-refractivity contribution in [1.82, 2.24) is 0 Å². The Bertz CT molecular complexity index is 867. The maximum atomic E-state index is 12.5. The minimum Gasteiger partial charge on any atom is -0.418 e. The first-order chi connectivity index (χ1) is 12.1. The summed E-state index contributed by atoms with van der Waals surface area (Å²) < 4.78 is 104. The average Bonchev–Trinajstić information content (AvgIpc) is 2.52. The first-order valence-corrected chi connectivity index (χ1v) is 9.06. The molecule has 1 heterocycles. The molecule has 0 atom stereocenters. The third kappa shape index (κ3) is 7.37. The van der Waals surface area contributed by atoms with Crippen LogP contribution in [0.4, 0.5) is 30.4 Å². The van der Waals surface area contributed by atoms with E-state index < -0.39 is 29.0 Å². The van der Waals surface area contributed by atoms with E-state index in [0.29, 0.717) is 4.47 Å². The lowest BCUT2D eigenvalue weighted by Crippen LogP contribution is -2.57. The van der Waals surface area contributed by atoms with Crippen molar-refractivity contribution in [2.75, 3.05) is 11.5 Å². The smallest absolute Gasteiger partial charge is 0.418 e. The van der Waals surface area contributed by atoms with E-state index in [4.69, 9.17) is 0 Å². The summed E-state index contributed by atoms with van der Waals surface area (Å²) in [5.74, 6) is 0. The summed E-state index contributed by atoms with van der Waals surface area (Å²) in [7, 11) is -8.66. The summed E-state index contributed by atoms with van der Waals surface area (Å²) in [6, 6.07) is 6.71. The number of pyridine rings is 1. The van der Waals surface area contributed by atoms with Crippen molar-refractivity contribution in [3.63, 3.8) is 0 Å². The molecule has 0 amide bonds. The van der Waals surface area contributed by atoms with E-state index in [2.05, 4.69) is 15.9 Å². The second kappa shape index (κ2) is 8.46. The van der Waals surface area contributed by atoms with E-state index in [-0.39, 0.29) is 4.90 Å². The van der Waals surface area contributed by atoms with Crippen LogP contribution in [0.2, 0.25) is 0 Å². The van der Waals surface area contributed by atoms with Gasteiger partial charge < -0.3 is 17.3 Å². The molecule has 0 aliphatic rings. The van der Waals surface area contributed by atoms with Crippen LogP contribution in [0.15, 0.2) is 58.2 Å². The molecule has 4 nitrogen and oxygen atoms in total. The summed E-state index contributed by atoms with van der Waals surface area (Å²) in [4.78, 5) is -0.226. The maximum absolute atomic E-state index is 12.5. The molecular weight excluding hydrogens is 472 g/mol. The highest BCUT2D eigenvalue weighted by Crippen LogP contribution is 2.29. The normalized spacial score (nSPS) is 12.2. The minimum atomic E-state index is -6.00. The second-order valence-corrected chi connectivity index (χ2v) is 7.72. The highest BCUT2D eigenvalue weighted by molar-refractivity contribution is 9.10. The van der Waals surface area contributed by atoms with Gasteiger partial charge in [-0.25, -0.2) is 0 Å². The van der Waals surface area contributed by atoms with E-state index in [1.807, 2.05) is 0 Å². The molecule has 0 aliphatic heterocycles. The lowest BCUT2D eigenvalue weighted by molar-refractivity contribution is -0.674. The number of benzene rings is 1. The zero-order valence-electron chi connectivity index (χ0n) is 13.3. The van der Waals surface area contributed by atoms with Gasteiger partial charge in [-0.1, -0.05) is 9.09 Å². The van der Waals surface area contributed by atoms with Crippen LogP contribution in [0, 0.1) is 0 Å². The molecule has 0 saturated carbocycles. The van der Waals surface area contributed by atoms with Crippen molar-refractivity contribution < 1.29 is 43.5 Å².